The Kier molecular flexibility index (Phi) is 6.50. The molecule has 2 aromatic carbocycles. The maximum absolute atomic E-state index is 12.4. The fraction of sp³-hybridized carbons (Fsp3) is 0.182. The largest absolute Gasteiger partial charge is 0.497 e. The molecule has 3 rings (SSSR count). The molecule has 0 aliphatic carbocycles. The predicted octanol–water partition coefficient (Wildman–Crippen LogP) is 4.30. The highest BCUT2D eigenvalue weighted by molar-refractivity contribution is 6.30. The van der Waals surface area contributed by atoms with Crippen molar-refractivity contribution in [1.29, 1.82) is 0 Å². The van der Waals surface area contributed by atoms with Crippen LogP contribution in [0, 0.1) is 0 Å². The second-order valence-corrected chi connectivity index (χ2v) is 6.55. The van der Waals surface area contributed by atoms with Gasteiger partial charge in [0.05, 0.1) is 31.5 Å². The SMILES string of the molecule is CCOC(=O)c1cc(-c2ccc(OC)cc2)nn1CC(=C=O)c1ccc(Cl)cc1. The second-order valence-electron chi connectivity index (χ2n) is 6.11. The summed E-state index contributed by atoms with van der Waals surface area (Å²) in [6.07, 6.45) is 0. The second kappa shape index (κ2) is 9.24. The summed E-state index contributed by atoms with van der Waals surface area (Å²) in [5, 5.41) is 5.08. The highest BCUT2D eigenvalue weighted by atomic mass is 35.5. The van der Waals surface area contributed by atoms with E-state index in [1.54, 1.807) is 44.4 Å². The number of carbonyl (C=O) groups is 1. The third kappa shape index (κ3) is 4.74. The molecule has 0 fully saturated rings. The van der Waals surface area contributed by atoms with Gasteiger partial charge in [0, 0.05) is 10.6 Å². The molecule has 0 atom stereocenters. The predicted molar refractivity (Wildman–Crippen MR) is 111 cm³/mol. The van der Waals surface area contributed by atoms with Crippen LogP contribution in [0.15, 0.2) is 54.6 Å². The zero-order valence-electron chi connectivity index (χ0n) is 16.0. The van der Waals surface area contributed by atoms with E-state index in [1.807, 2.05) is 30.2 Å². The van der Waals surface area contributed by atoms with Gasteiger partial charge in [0.2, 0.25) is 0 Å². The van der Waals surface area contributed by atoms with Crippen LogP contribution in [0.3, 0.4) is 0 Å². The first-order chi connectivity index (χ1) is 14.0. The molecule has 3 aromatic rings. The Morgan fingerprint density at radius 2 is 1.83 bits per heavy atom. The molecule has 148 valence electrons. The van der Waals surface area contributed by atoms with Gasteiger partial charge in [-0.1, -0.05) is 23.7 Å². The lowest BCUT2D eigenvalue weighted by Gasteiger charge is -2.08. The zero-order chi connectivity index (χ0) is 20.8. The first kappa shape index (κ1) is 20.4. The third-order valence-corrected chi connectivity index (χ3v) is 4.53. The number of methoxy groups -OCH3 is 1. The quantitative estimate of drug-likeness (QED) is 0.429. The van der Waals surface area contributed by atoms with Gasteiger partial charge in [0.1, 0.15) is 17.4 Å². The number of hydrogen-bond donors (Lipinski definition) is 0. The fourth-order valence-electron chi connectivity index (χ4n) is 2.79. The van der Waals surface area contributed by atoms with E-state index in [4.69, 9.17) is 21.1 Å². The molecule has 0 amide bonds. The molecule has 1 heterocycles. The van der Waals surface area contributed by atoms with Crippen molar-refractivity contribution < 1.29 is 19.1 Å². The number of rotatable bonds is 7. The molecule has 0 aliphatic rings. The number of nitrogens with zero attached hydrogens (tertiary/aromatic N) is 2. The van der Waals surface area contributed by atoms with Crippen molar-refractivity contribution in [3.05, 3.63) is 70.9 Å². The molecule has 0 bridgehead atoms. The summed E-state index contributed by atoms with van der Waals surface area (Å²) in [5.74, 6) is 2.15. The van der Waals surface area contributed by atoms with Crippen molar-refractivity contribution in [2.24, 2.45) is 0 Å². The highest BCUT2D eigenvalue weighted by Gasteiger charge is 2.19. The van der Waals surface area contributed by atoms with Crippen LogP contribution < -0.4 is 4.74 Å². The summed E-state index contributed by atoms with van der Waals surface area (Å²) >= 11 is 5.92. The van der Waals surface area contributed by atoms with Gasteiger partial charge in [-0.2, -0.15) is 5.10 Å². The topological polar surface area (TPSA) is 70.4 Å². The molecule has 7 heteroatoms. The van der Waals surface area contributed by atoms with E-state index in [0.717, 1.165) is 5.56 Å². The first-order valence-corrected chi connectivity index (χ1v) is 9.32. The molecular weight excluding hydrogens is 392 g/mol. The molecule has 0 radical (unpaired) electrons. The van der Waals surface area contributed by atoms with Gasteiger partial charge in [-0.25, -0.2) is 9.59 Å². The standard InChI is InChI=1S/C22H19ClN2O4/c1-3-29-22(27)21-12-20(16-6-10-19(28-2)11-7-16)24-25(21)13-17(14-26)15-4-8-18(23)9-5-15/h4-12H,3,13H2,1-2H3. The molecule has 29 heavy (non-hydrogen) atoms. The van der Waals surface area contributed by atoms with Crippen LogP contribution in [-0.4, -0.2) is 35.4 Å². The van der Waals surface area contributed by atoms with Crippen LogP contribution in [0.5, 0.6) is 5.75 Å². The average molecular weight is 411 g/mol. The lowest BCUT2D eigenvalue weighted by Crippen LogP contribution is -2.14. The van der Waals surface area contributed by atoms with E-state index < -0.39 is 5.97 Å². The fourth-order valence-corrected chi connectivity index (χ4v) is 2.92. The van der Waals surface area contributed by atoms with E-state index >= 15 is 0 Å². The van der Waals surface area contributed by atoms with Gasteiger partial charge in [-0.3, -0.25) is 4.68 Å². The van der Waals surface area contributed by atoms with Crippen LogP contribution in [0.4, 0.5) is 0 Å². The van der Waals surface area contributed by atoms with Crippen LogP contribution in [0.1, 0.15) is 23.0 Å². The van der Waals surface area contributed by atoms with Crippen LogP contribution in [0.2, 0.25) is 5.02 Å². The van der Waals surface area contributed by atoms with Gasteiger partial charge in [0.15, 0.2) is 0 Å². The maximum atomic E-state index is 12.4. The van der Waals surface area contributed by atoms with Gasteiger partial charge < -0.3 is 9.47 Å². The molecule has 6 nitrogen and oxygen atoms in total. The molecule has 0 N–H and O–H groups in total. The van der Waals surface area contributed by atoms with Crippen molar-refractivity contribution in [3.63, 3.8) is 0 Å². The molecule has 0 saturated heterocycles. The number of esters is 1. The number of ether oxygens (including phenoxy) is 2. The summed E-state index contributed by atoms with van der Waals surface area (Å²) < 4.78 is 11.8. The minimum atomic E-state index is -0.513. The van der Waals surface area contributed by atoms with Gasteiger partial charge in [-0.05, 0) is 55.0 Å². The van der Waals surface area contributed by atoms with Crippen LogP contribution >= 0.6 is 11.6 Å². The van der Waals surface area contributed by atoms with Gasteiger partial charge in [0.25, 0.3) is 0 Å². The minimum absolute atomic E-state index is 0.0649. The summed E-state index contributed by atoms with van der Waals surface area (Å²) in [6.45, 7) is 2.03. The summed E-state index contributed by atoms with van der Waals surface area (Å²) in [5.41, 5.74) is 2.63. The summed E-state index contributed by atoms with van der Waals surface area (Å²) in [4.78, 5) is 24.0. The van der Waals surface area contributed by atoms with E-state index in [1.165, 1.54) is 4.68 Å². The maximum Gasteiger partial charge on any atom is 0.356 e. The third-order valence-electron chi connectivity index (χ3n) is 4.27. The highest BCUT2D eigenvalue weighted by Crippen LogP contribution is 2.24. The monoisotopic (exact) mass is 410 g/mol. The van der Waals surface area contributed by atoms with Gasteiger partial charge >= 0.3 is 5.97 Å². The first-order valence-electron chi connectivity index (χ1n) is 8.95. The van der Waals surface area contributed by atoms with Crippen molar-refractivity contribution >= 4 is 29.1 Å². The molecular formula is C22H19ClN2O4. The van der Waals surface area contributed by atoms with Crippen LogP contribution in [-0.2, 0) is 16.1 Å². The van der Waals surface area contributed by atoms with Crippen molar-refractivity contribution in [2.75, 3.05) is 13.7 Å². The normalized spacial score (nSPS) is 10.3. The zero-order valence-corrected chi connectivity index (χ0v) is 16.8. The molecule has 0 spiro atoms. The number of aromatic nitrogens is 2. The minimum Gasteiger partial charge on any atom is -0.497 e. The van der Waals surface area contributed by atoms with Crippen molar-refractivity contribution in [1.82, 2.24) is 9.78 Å². The van der Waals surface area contributed by atoms with Crippen LogP contribution in [0.25, 0.3) is 16.8 Å². The number of carbonyl (C=O) groups excluding carboxylic acids is 2. The lowest BCUT2D eigenvalue weighted by molar-refractivity contribution is 0.0513. The average Bonchev–Trinajstić information content (AvgIpc) is 3.17. The van der Waals surface area contributed by atoms with Gasteiger partial charge in [-0.15, -0.1) is 0 Å². The Bertz CT molecular complexity index is 1050. The Balaban J connectivity index is 1.98. The molecule has 1 aromatic heterocycles. The Labute approximate surface area is 173 Å². The molecule has 0 saturated carbocycles. The smallest absolute Gasteiger partial charge is 0.356 e. The van der Waals surface area contributed by atoms with E-state index in [9.17, 15) is 9.59 Å². The number of halogens is 1. The van der Waals surface area contributed by atoms with E-state index in [-0.39, 0.29) is 18.8 Å². The van der Waals surface area contributed by atoms with Crippen molar-refractivity contribution in [3.8, 4) is 17.0 Å². The van der Waals surface area contributed by atoms with E-state index in [2.05, 4.69) is 5.10 Å². The Morgan fingerprint density at radius 1 is 1.14 bits per heavy atom. The number of hydrogen-bond acceptors (Lipinski definition) is 5. The summed E-state index contributed by atoms with van der Waals surface area (Å²) in [6, 6.07) is 15.8. The Morgan fingerprint density at radius 3 is 2.41 bits per heavy atom. The number of benzene rings is 2. The lowest BCUT2D eigenvalue weighted by atomic mass is 10.1. The summed E-state index contributed by atoms with van der Waals surface area (Å²) in [7, 11) is 1.59. The van der Waals surface area contributed by atoms with Crippen molar-refractivity contribution in [2.45, 2.75) is 13.5 Å². The van der Waals surface area contributed by atoms with E-state index in [0.29, 0.717) is 27.6 Å². The molecule has 0 unspecified atom stereocenters. The number of allylic oxidation sites excluding steroid dienone is 1. The Hall–Kier alpha value is -3.34. The molecule has 0 aliphatic heterocycles.